The van der Waals surface area contributed by atoms with Gasteiger partial charge in [0.2, 0.25) is 11.8 Å². The molecule has 9 nitrogen and oxygen atoms in total. The van der Waals surface area contributed by atoms with Crippen LogP contribution in [0.1, 0.15) is 34.9 Å². The van der Waals surface area contributed by atoms with Crippen molar-refractivity contribution in [2.75, 3.05) is 32.6 Å². The standard InChI is InChI=1S/C25H29N5O4S/c1-6-29(7-2)20(31)13-30-11-10-16-12-17(8-9-18(16)30)26-23(32)22-15(3)21-24(34-5)27-19(14-33-4)28-25(21)35-22/h8-12H,6-7,13-14H2,1-5H3,(H,26,32). The van der Waals surface area contributed by atoms with Crippen LogP contribution < -0.4 is 10.1 Å². The van der Waals surface area contributed by atoms with E-state index in [1.807, 2.05) is 60.7 Å². The Balaban J connectivity index is 1.58. The fraction of sp³-hybridized carbons (Fsp3) is 0.360. The highest BCUT2D eigenvalue weighted by Crippen LogP contribution is 2.35. The molecule has 4 aromatic rings. The maximum absolute atomic E-state index is 13.2. The zero-order valence-electron chi connectivity index (χ0n) is 20.5. The molecule has 4 rings (SSSR count). The maximum atomic E-state index is 13.2. The molecule has 0 aliphatic rings. The number of amides is 2. The van der Waals surface area contributed by atoms with Crippen LogP contribution in [0.3, 0.4) is 0 Å². The molecule has 0 aliphatic carbocycles. The Hall–Kier alpha value is -3.50. The Morgan fingerprint density at radius 1 is 1.14 bits per heavy atom. The number of anilines is 1. The molecule has 10 heteroatoms. The first-order valence-corrected chi connectivity index (χ1v) is 12.2. The van der Waals surface area contributed by atoms with Gasteiger partial charge in [0.15, 0.2) is 5.82 Å². The maximum Gasteiger partial charge on any atom is 0.266 e. The van der Waals surface area contributed by atoms with Gasteiger partial charge in [0.1, 0.15) is 18.0 Å². The first-order valence-electron chi connectivity index (χ1n) is 11.4. The van der Waals surface area contributed by atoms with E-state index in [1.54, 1.807) is 14.2 Å². The zero-order chi connectivity index (χ0) is 25.1. The van der Waals surface area contributed by atoms with Gasteiger partial charge in [-0.05, 0) is 50.6 Å². The number of nitrogens with zero attached hydrogens (tertiary/aromatic N) is 4. The molecule has 0 radical (unpaired) electrons. The van der Waals surface area contributed by atoms with Crippen molar-refractivity contribution >= 4 is 50.0 Å². The van der Waals surface area contributed by atoms with Crippen LogP contribution in [0.25, 0.3) is 21.1 Å². The molecule has 3 heterocycles. The predicted molar refractivity (Wildman–Crippen MR) is 137 cm³/mol. The Morgan fingerprint density at radius 3 is 2.60 bits per heavy atom. The van der Waals surface area contributed by atoms with Gasteiger partial charge < -0.3 is 24.3 Å². The average Bonchev–Trinajstić information content (AvgIpc) is 3.40. The first kappa shape index (κ1) is 24.6. The molecule has 35 heavy (non-hydrogen) atoms. The predicted octanol–water partition coefficient (Wildman–Crippen LogP) is 4.23. The number of methoxy groups -OCH3 is 2. The molecular weight excluding hydrogens is 466 g/mol. The number of rotatable bonds is 9. The number of aryl methyl sites for hydroxylation is 1. The molecule has 0 spiro atoms. The van der Waals surface area contributed by atoms with Gasteiger partial charge in [-0.25, -0.2) is 4.98 Å². The summed E-state index contributed by atoms with van der Waals surface area (Å²) < 4.78 is 12.5. The van der Waals surface area contributed by atoms with Gasteiger partial charge in [0.05, 0.1) is 17.4 Å². The van der Waals surface area contributed by atoms with E-state index in [0.29, 0.717) is 40.2 Å². The number of fused-ring (bicyclic) bond motifs is 2. The van der Waals surface area contributed by atoms with Crippen LogP contribution in [0, 0.1) is 6.92 Å². The summed E-state index contributed by atoms with van der Waals surface area (Å²) >= 11 is 1.30. The molecular formula is C25H29N5O4S. The summed E-state index contributed by atoms with van der Waals surface area (Å²) in [5.41, 5.74) is 2.38. The minimum atomic E-state index is -0.226. The minimum absolute atomic E-state index is 0.0808. The average molecular weight is 496 g/mol. The number of thiophene rings is 1. The first-order chi connectivity index (χ1) is 16.9. The smallest absolute Gasteiger partial charge is 0.266 e. The third kappa shape index (κ3) is 4.85. The van der Waals surface area contributed by atoms with Crippen LogP contribution in [-0.4, -0.2) is 58.6 Å². The Labute approximate surface area is 207 Å². The van der Waals surface area contributed by atoms with Crippen molar-refractivity contribution in [1.29, 1.82) is 0 Å². The molecule has 0 aliphatic heterocycles. The Kier molecular flexibility index (Phi) is 7.32. The van der Waals surface area contributed by atoms with Crippen LogP contribution in [0.5, 0.6) is 5.88 Å². The van der Waals surface area contributed by atoms with E-state index in [0.717, 1.165) is 21.9 Å². The van der Waals surface area contributed by atoms with Crippen molar-refractivity contribution in [1.82, 2.24) is 19.4 Å². The number of likely N-dealkylation sites (N-methyl/N-ethyl adjacent to an activating group) is 1. The Bertz CT molecular complexity index is 1390. The highest BCUT2D eigenvalue weighted by atomic mass is 32.1. The molecule has 0 fully saturated rings. The fourth-order valence-electron chi connectivity index (χ4n) is 4.13. The largest absolute Gasteiger partial charge is 0.480 e. The summed E-state index contributed by atoms with van der Waals surface area (Å²) in [5.74, 6) is 0.782. The molecule has 0 saturated heterocycles. The monoisotopic (exact) mass is 495 g/mol. The van der Waals surface area contributed by atoms with Gasteiger partial charge in [-0.1, -0.05) is 0 Å². The number of carbonyl (C=O) groups is 2. The van der Waals surface area contributed by atoms with Crippen molar-refractivity contribution in [3.05, 3.63) is 46.7 Å². The summed E-state index contributed by atoms with van der Waals surface area (Å²) in [5, 5.41) is 4.66. The lowest BCUT2D eigenvalue weighted by Gasteiger charge is -2.19. The van der Waals surface area contributed by atoms with Crippen LogP contribution in [0.15, 0.2) is 30.5 Å². The van der Waals surface area contributed by atoms with Gasteiger partial charge in [-0.2, -0.15) is 4.98 Å². The number of benzene rings is 1. The van der Waals surface area contributed by atoms with E-state index in [1.165, 1.54) is 11.3 Å². The molecule has 1 N–H and O–H groups in total. The second-order valence-corrected chi connectivity index (χ2v) is 9.05. The van der Waals surface area contributed by atoms with E-state index < -0.39 is 0 Å². The topological polar surface area (TPSA) is 98.6 Å². The van der Waals surface area contributed by atoms with Crippen molar-refractivity contribution < 1.29 is 19.1 Å². The van der Waals surface area contributed by atoms with Crippen LogP contribution >= 0.6 is 11.3 Å². The van der Waals surface area contributed by atoms with E-state index in [4.69, 9.17) is 9.47 Å². The van der Waals surface area contributed by atoms with Gasteiger partial charge in [0.25, 0.3) is 5.91 Å². The highest BCUT2D eigenvalue weighted by molar-refractivity contribution is 7.20. The van der Waals surface area contributed by atoms with Crippen molar-refractivity contribution in [3.8, 4) is 5.88 Å². The second kappa shape index (κ2) is 10.4. The molecule has 0 unspecified atom stereocenters. The SMILES string of the molecule is CCN(CC)C(=O)Cn1ccc2cc(NC(=O)c3sc4nc(COC)nc(OC)c4c3C)ccc21. The number of aromatic nitrogens is 3. The van der Waals surface area contributed by atoms with Crippen LogP contribution in [0.4, 0.5) is 5.69 Å². The van der Waals surface area contributed by atoms with E-state index in [9.17, 15) is 9.59 Å². The van der Waals surface area contributed by atoms with Gasteiger partial charge in [0, 0.05) is 43.0 Å². The van der Waals surface area contributed by atoms with Crippen molar-refractivity contribution in [2.24, 2.45) is 0 Å². The summed E-state index contributed by atoms with van der Waals surface area (Å²) in [6.45, 7) is 7.73. The quantitative estimate of drug-likeness (QED) is 0.373. The molecule has 2 amide bonds. The van der Waals surface area contributed by atoms with Gasteiger partial charge in [-0.15, -0.1) is 11.3 Å². The summed E-state index contributed by atoms with van der Waals surface area (Å²) in [6, 6.07) is 7.62. The number of hydrogen-bond acceptors (Lipinski definition) is 7. The van der Waals surface area contributed by atoms with Crippen LogP contribution in [0.2, 0.25) is 0 Å². The molecule has 184 valence electrons. The number of hydrogen-bond donors (Lipinski definition) is 1. The zero-order valence-corrected chi connectivity index (χ0v) is 21.4. The lowest BCUT2D eigenvalue weighted by Crippen LogP contribution is -2.33. The Morgan fingerprint density at radius 2 is 1.91 bits per heavy atom. The lowest BCUT2D eigenvalue weighted by molar-refractivity contribution is -0.131. The molecule has 0 bridgehead atoms. The molecule has 3 aromatic heterocycles. The molecule has 0 atom stereocenters. The number of nitrogens with one attached hydrogen (secondary N) is 1. The molecule has 0 saturated carbocycles. The lowest BCUT2D eigenvalue weighted by atomic mass is 10.2. The summed E-state index contributed by atoms with van der Waals surface area (Å²) in [6.07, 6.45) is 1.90. The second-order valence-electron chi connectivity index (χ2n) is 8.06. The van der Waals surface area contributed by atoms with Gasteiger partial charge in [-0.3, -0.25) is 9.59 Å². The summed E-state index contributed by atoms with van der Waals surface area (Å²) in [7, 11) is 3.12. The minimum Gasteiger partial charge on any atom is -0.480 e. The van der Waals surface area contributed by atoms with Gasteiger partial charge >= 0.3 is 0 Å². The molecule has 1 aromatic carbocycles. The number of ether oxygens (including phenoxy) is 2. The third-order valence-electron chi connectivity index (χ3n) is 5.93. The van der Waals surface area contributed by atoms with Crippen LogP contribution in [-0.2, 0) is 22.7 Å². The third-order valence-corrected chi connectivity index (χ3v) is 7.11. The normalized spacial score (nSPS) is 11.2. The van der Waals surface area contributed by atoms with Crippen molar-refractivity contribution in [3.63, 3.8) is 0 Å². The van der Waals surface area contributed by atoms with Crippen molar-refractivity contribution in [2.45, 2.75) is 33.9 Å². The van der Waals surface area contributed by atoms with E-state index in [2.05, 4.69) is 15.3 Å². The number of carbonyl (C=O) groups excluding carboxylic acids is 2. The fourth-order valence-corrected chi connectivity index (χ4v) is 5.21. The van der Waals surface area contributed by atoms with E-state index >= 15 is 0 Å². The highest BCUT2D eigenvalue weighted by Gasteiger charge is 2.21. The van der Waals surface area contributed by atoms with E-state index in [-0.39, 0.29) is 25.0 Å². The summed E-state index contributed by atoms with van der Waals surface area (Å²) in [4.78, 5) is 37.6.